The summed E-state index contributed by atoms with van der Waals surface area (Å²) in [6.45, 7) is 8.62. The topological polar surface area (TPSA) is 81.0 Å². The Kier molecular flexibility index (Phi) is 11.5. The van der Waals surface area contributed by atoms with E-state index < -0.39 is 0 Å². The highest BCUT2D eigenvalue weighted by molar-refractivity contribution is 6.05. The molecule has 2 atom stereocenters. The van der Waals surface area contributed by atoms with E-state index in [1.807, 2.05) is 47.8 Å². The zero-order valence-electron chi connectivity index (χ0n) is 25.6. The Bertz CT molecular complexity index is 1470. The number of rotatable bonds is 4. The van der Waals surface area contributed by atoms with Crippen molar-refractivity contribution in [2.24, 2.45) is 14.1 Å². The molecule has 6 rings (SSSR count). The number of carbonyl (C=O) groups excluding carboxylic acids is 2. The number of nitrogens with one attached hydrogen (secondary N) is 1. The number of piperazine rings is 1. The smallest absolute Gasteiger partial charge is 0.340 e. The number of carbonyl (C=O) groups is 2. The third kappa shape index (κ3) is 6.73. The summed E-state index contributed by atoms with van der Waals surface area (Å²) in [5.74, 6) is -0.566. The van der Waals surface area contributed by atoms with Crippen molar-refractivity contribution < 1.29 is 19.1 Å². The van der Waals surface area contributed by atoms with Crippen LogP contribution in [0, 0.1) is 0 Å². The van der Waals surface area contributed by atoms with E-state index >= 15 is 0 Å². The Morgan fingerprint density at radius 2 is 1.25 bits per heavy atom. The molecule has 0 aliphatic carbocycles. The van der Waals surface area contributed by atoms with Crippen LogP contribution in [-0.4, -0.2) is 73.6 Å². The lowest BCUT2D eigenvalue weighted by Gasteiger charge is -2.36. The first kappa shape index (κ1) is 34.5. The lowest BCUT2D eigenvalue weighted by Crippen LogP contribution is -2.49. The SMILES string of the molecule is C.C.COC(=O)c1cn(C)c2cc(N3CCCCC3C)ccc12.COC(=O)c1cn(C)c2cc(N3CCNCC3C)ccc12. The molecule has 0 saturated carbocycles. The quantitative estimate of drug-likeness (QED) is 0.271. The number of nitrogens with zero attached hydrogens (tertiary/aromatic N) is 4. The van der Waals surface area contributed by atoms with Crippen LogP contribution < -0.4 is 15.1 Å². The largest absolute Gasteiger partial charge is 0.465 e. The summed E-state index contributed by atoms with van der Waals surface area (Å²) in [5, 5.41) is 5.30. The Hall–Kier alpha value is -3.98. The van der Waals surface area contributed by atoms with Crippen molar-refractivity contribution in [3.8, 4) is 0 Å². The molecular formula is C35H51N5O4. The first-order valence-corrected chi connectivity index (χ1v) is 14.8. The third-order valence-electron chi connectivity index (χ3n) is 8.73. The van der Waals surface area contributed by atoms with Gasteiger partial charge in [0, 0.05) is 86.9 Å². The Labute approximate surface area is 262 Å². The molecule has 2 aliphatic rings. The predicted octanol–water partition coefficient (Wildman–Crippen LogP) is 6.38. The van der Waals surface area contributed by atoms with Crippen molar-refractivity contribution in [3.63, 3.8) is 0 Å². The zero-order chi connectivity index (χ0) is 30.0. The van der Waals surface area contributed by atoms with Crippen LogP contribution in [0.1, 0.15) is 68.7 Å². The maximum absolute atomic E-state index is 11.8. The summed E-state index contributed by atoms with van der Waals surface area (Å²) >= 11 is 0. The molecular weight excluding hydrogens is 554 g/mol. The van der Waals surface area contributed by atoms with Crippen molar-refractivity contribution in [2.75, 3.05) is 50.2 Å². The van der Waals surface area contributed by atoms with Crippen LogP contribution in [0.15, 0.2) is 48.8 Å². The summed E-state index contributed by atoms with van der Waals surface area (Å²) in [7, 11) is 6.76. The number of anilines is 2. The normalized spacial score (nSPS) is 18.1. The van der Waals surface area contributed by atoms with Gasteiger partial charge < -0.3 is 33.7 Å². The number of hydrogen-bond donors (Lipinski definition) is 1. The van der Waals surface area contributed by atoms with Crippen molar-refractivity contribution in [3.05, 3.63) is 59.9 Å². The van der Waals surface area contributed by atoms with E-state index in [9.17, 15) is 9.59 Å². The highest BCUT2D eigenvalue weighted by Crippen LogP contribution is 2.31. The van der Waals surface area contributed by atoms with Gasteiger partial charge in [-0.05, 0) is 69.5 Å². The van der Waals surface area contributed by atoms with Gasteiger partial charge >= 0.3 is 11.9 Å². The molecule has 0 amide bonds. The lowest BCUT2D eigenvalue weighted by molar-refractivity contribution is 0.0594. The summed E-state index contributed by atoms with van der Waals surface area (Å²) in [5.41, 5.74) is 5.83. The van der Waals surface area contributed by atoms with Gasteiger partial charge in [-0.15, -0.1) is 0 Å². The number of aromatic nitrogens is 2. The second-order valence-electron chi connectivity index (χ2n) is 11.5. The number of esters is 2. The van der Waals surface area contributed by atoms with Gasteiger partial charge in [0.15, 0.2) is 0 Å². The molecule has 0 spiro atoms. The maximum atomic E-state index is 11.8. The van der Waals surface area contributed by atoms with Crippen molar-refractivity contribution in [1.82, 2.24) is 14.5 Å². The van der Waals surface area contributed by atoms with Gasteiger partial charge in [-0.25, -0.2) is 9.59 Å². The van der Waals surface area contributed by atoms with Gasteiger partial charge in [-0.2, -0.15) is 0 Å². The minimum atomic E-state index is -0.288. The second-order valence-corrected chi connectivity index (χ2v) is 11.5. The fourth-order valence-corrected chi connectivity index (χ4v) is 6.35. The van der Waals surface area contributed by atoms with Crippen molar-refractivity contribution in [2.45, 2.75) is 60.0 Å². The van der Waals surface area contributed by atoms with E-state index in [4.69, 9.17) is 9.47 Å². The average Bonchev–Trinajstić information content (AvgIpc) is 3.52. The summed E-state index contributed by atoms with van der Waals surface area (Å²) in [6, 6.07) is 13.7. The summed E-state index contributed by atoms with van der Waals surface area (Å²) in [6.07, 6.45) is 7.50. The Morgan fingerprint density at radius 1 is 0.750 bits per heavy atom. The Balaban J connectivity index is 0.000000230. The van der Waals surface area contributed by atoms with Crippen molar-refractivity contribution >= 4 is 45.1 Å². The number of benzene rings is 2. The molecule has 44 heavy (non-hydrogen) atoms. The van der Waals surface area contributed by atoms with Crippen LogP contribution in [0.25, 0.3) is 21.8 Å². The molecule has 9 nitrogen and oxygen atoms in total. The van der Waals surface area contributed by atoms with E-state index in [-0.39, 0.29) is 26.8 Å². The van der Waals surface area contributed by atoms with E-state index in [2.05, 4.69) is 53.2 Å². The van der Waals surface area contributed by atoms with Gasteiger partial charge in [-0.3, -0.25) is 0 Å². The van der Waals surface area contributed by atoms with E-state index in [1.165, 1.54) is 44.9 Å². The van der Waals surface area contributed by atoms with Crippen LogP contribution in [-0.2, 0) is 23.6 Å². The van der Waals surface area contributed by atoms with Gasteiger partial charge in [0.2, 0.25) is 0 Å². The van der Waals surface area contributed by atoms with E-state index in [0.29, 0.717) is 23.2 Å². The number of hydrogen-bond acceptors (Lipinski definition) is 7. The van der Waals surface area contributed by atoms with Gasteiger partial charge in [-0.1, -0.05) is 14.9 Å². The molecule has 2 saturated heterocycles. The fraction of sp³-hybridized carbons (Fsp3) is 0.486. The molecule has 9 heteroatoms. The molecule has 2 aromatic heterocycles. The Morgan fingerprint density at radius 3 is 1.70 bits per heavy atom. The van der Waals surface area contributed by atoms with Gasteiger partial charge in [0.25, 0.3) is 0 Å². The van der Waals surface area contributed by atoms with Crippen LogP contribution in [0.2, 0.25) is 0 Å². The molecule has 0 bridgehead atoms. The number of ether oxygens (including phenoxy) is 2. The summed E-state index contributed by atoms with van der Waals surface area (Å²) < 4.78 is 13.7. The van der Waals surface area contributed by atoms with Gasteiger partial charge in [0.05, 0.1) is 36.4 Å². The lowest BCUT2D eigenvalue weighted by atomic mass is 10.0. The van der Waals surface area contributed by atoms with Gasteiger partial charge in [0.1, 0.15) is 0 Å². The van der Waals surface area contributed by atoms with E-state index in [1.54, 1.807) is 0 Å². The molecule has 2 aliphatic heterocycles. The van der Waals surface area contributed by atoms with Crippen molar-refractivity contribution in [1.29, 1.82) is 0 Å². The molecule has 2 aromatic carbocycles. The molecule has 2 unspecified atom stereocenters. The first-order chi connectivity index (χ1) is 20.2. The number of methoxy groups -OCH3 is 2. The maximum Gasteiger partial charge on any atom is 0.340 e. The predicted molar refractivity (Wildman–Crippen MR) is 182 cm³/mol. The molecule has 240 valence electrons. The van der Waals surface area contributed by atoms with E-state index in [0.717, 1.165) is 48.0 Å². The number of aryl methyl sites for hydroxylation is 2. The molecule has 4 heterocycles. The monoisotopic (exact) mass is 605 g/mol. The molecule has 1 N–H and O–H groups in total. The van der Waals surface area contributed by atoms with Crippen LogP contribution >= 0.6 is 0 Å². The molecule has 2 fully saturated rings. The van der Waals surface area contributed by atoms with Crippen LogP contribution in [0.3, 0.4) is 0 Å². The molecule has 0 radical (unpaired) electrons. The van der Waals surface area contributed by atoms with Crippen LogP contribution in [0.4, 0.5) is 11.4 Å². The zero-order valence-corrected chi connectivity index (χ0v) is 25.6. The molecule has 4 aromatic rings. The average molecular weight is 606 g/mol. The highest BCUT2D eigenvalue weighted by atomic mass is 16.5. The van der Waals surface area contributed by atoms with Crippen LogP contribution in [0.5, 0.6) is 0 Å². The number of fused-ring (bicyclic) bond motifs is 2. The minimum Gasteiger partial charge on any atom is -0.465 e. The fourth-order valence-electron chi connectivity index (χ4n) is 6.35. The second kappa shape index (κ2) is 14.7. The highest BCUT2D eigenvalue weighted by Gasteiger charge is 2.22. The third-order valence-corrected chi connectivity index (χ3v) is 8.73. The summed E-state index contributed by atoms with van der Waals surface area (Å²) in [4.78, 5) is 28.5. The number of piperidine rings is 1. The minimum absolute atomic E-state index is 0. The first-order valence-electron chi connectivity index (χ1n) is 14.8. The standard InChI is InChI=1S/C17H22N2O2.C16H21N3O2.2CH4/c1-12-6-4-5-9-19(12)13-7-8-14-15(17(20)21-3)11-18(2)16(14)10-13;1-11-9-17-6-7-19(11)12-4-5-13-14(16(20)21-3)10-18(2)15(13)8-12;;/h7-8,10-12H,4-6,9H2,1-3H3;4-5,8,10-11,17H,6-7,9H2,1-3H3;2*1H4.